The topological polar surface area (TPSA) is 116 Å². The number of rotatable bonds is 2. The number of hydrogen-bond donors (Lipinski definition) is 4. The van der Waals surface area contributed by atoms with Gasteiger partial charge in [-0.1, -0.05) is 0 Å². The van der Waals surface area contributed by atoms with E-state index in [4.69, 9.17) is 0 Å². The normalized spacial score (nSPS) is 8.88. The number of carbonyl (C=O) groups is 4. The summed E-state index contributed by atoms with van der Waals surface area (Å²) in [5.41, 5.74) is 0. The first-order chi connectivity index (χ1) is 7.51. The molecule has 0 fully saturated rings. The second kappa shape index (κ2) is 7.21. The van der Waals surface area contributed by atoms with Gasteiger partial charge in [-0.05, 0) is 13.8 Å². The fourth-order valence-corrected chi connectivity index (χ4v) is 0.729. The van der Waals surface area contributed by atoms with Crippen LogP contribution < -0.4 is 21.3 Å². The van der Waals surface area contributed by atoms with Crippen LogP contribution in [0, 0.1) is 0 Å². The zero-order chi connectivity index (χ0) is 12.6. The van der Waals surface area contributed by atoms with Crippen molar-refractivity contribution >= 4 is 23.9 Å². The van der Waals surface area contributed by atoms with Crippen molar-refractivity contribution in [2.24, 2.45) is 0 Å². The molecule has 0 aromatic rings. The van der Waals surface area contributed by atoms with Crippen LogP contribution in [0.4, 0.5) is 9.59 Å². The van der Waals surface area contributed by atoms with E-state index >= 15 is 0 Å². The minimum absolute atomic E-state index is 0.317. The van der Waals surface area contributed by atoms with Gasteiger partial charge in [0, 0.05) is 13.1 Å². The standard InChI is InChI=1S/C8H14N4O4/c1-3-9-7(15)11-5(13)6(14)12-8(16)10-4-2/h3-4H2,1-2H3,(H2,9,11,13,15)(H2,10,12,14,16). The largest absolute Gasteiger partial charge is 0.338 e. The Bertz CT molecular complexity index is 272. The van der Waals surface area contributed by atoms with Crippen molar-refractivity contribution in [3.05, 3.63) is 0 Å². The lowest BCUT2D eigenvalue weighted by Gasteiger charge is -2.05. The lowest BCUT2D eigenvalue weighted by Crippen LogP contribution is -2.50. The highest BCUT2D eigenvalue weighted by molar-refractivity contribution is 6.39. The molecule has 4 N–H and O–H groups in total. The maximum Gasteiger partial charge on any atom is 0.321 e. The molecule has 0 aliphatic rings. The SMILES string of the molecule is CCNC(=O)NC(=O)C(=O)NC(=O)NCC. The molecule has 90 valence electrons. The van der Waals surface area contributed by atoms with E-state index in [0.29, 0.717) is 13.1 Å². The third-order valence-corrected chi connectivity index (χ3v) is 1.34. The minimum Gasteiger partial charge on any atom is -0.338 e. The average molecular weight is 230 g/mol. The molecule has 0 saturated carbocycles. The van der Waals surface area contributed by atoms with E-state index in [2.05, 4.69) is 10.6 Å². The maximum absolute atomic E-state index is 11.0. The summed E-state index contributed by atoms with van der Waals surface area (Å²) in [5, 5.41) is 8.01. The van der Waals surface area contributed by atoms with Crippen LogP contribution in [0.3, 0.4) is 0 Å². The summed E-state index contributed by atoms with van der Waals surface area (Å²) >= 11 is 0. The first kappa shape index (κ1) is 13.9. The second-order valence-electron chi connectivity index (χ2n) is 2.63. The van der Waals surface area contributed by atoms with Gasteiger partial charge in [0.25, 0.3) is 0 Å². The van der Waals surface area contributed by atoms with Gasteiger partial charge in [0.2, 0.25) is 0 Å². The fraction of sp³-hybridized carbons (Fsp3) is 0.500. The first-order valence-corrected chi connectivity index (χ1v) is 4.69. The summed E-state index contributed by atoms with van der Waals surface area (Å²) in [6.07, 6.45) is 0. The molecule has 0 heterocycles. The van der Waals surface area contributed by atoms with Crippen LogP contribution in [0.2, 0.25) is 0 Å². The summed E-state index contributed by atoms with van der Waals surface area (Å²) in [6, 6.07) is -1.59. The molecule has 8 heteroatoms. The third kappa shape index (κ3) is 5.58. The van der Waals surface area contributed by atoms with Crippen LogP contribution in [0.25, 0.3) is 0 Å². The molecule has 0 atom stereocenters. The zero-order valence-corrected chi connectivity index (χ0v) is 9.05. The number of nitrogens with one attached hydrogen (secondary N) is 4. The van der Waals surface area contributed by atoms with E-state index in [-0.39, 0.29) is 0 Å². The maximum atomic E-state index is 11.0. The van der Waals surface area contributed by atoms with Crippen LogP contribution in [0.1, 0.15) is 13.8 Å². The average Bonchev–Trinajstić information content (AvgIpc) is 2.17. The molecule has 8 nitrogen and oxygen atoms in total. The monoisotopic (exact) mass is 230 g/mol. The smallest absolute Gasteiger partial charge is 0.321 e. The van der Waals surface area contributed by atoms with Crippen LogP contribution in [0.5, 0.6) is 0 Å². The van der Waals surface area contributed by atoms with Gasteiger partial charge in [0.15, 0.2) is 0 Å². The Balaban J connectivity index is 4.04. The molecule has 0 radical (unpaired) electrons. The van der Waals surface area contributed by atoms with Gasteiger partial charge in [-0.15, -0.1) is 0 Å². The molecule has 0 rings (SSSR count). The summed E-state index contributed by atoms with van der Waals surface area (Å²) in [4.78, 5) is 43.7. The van der Waals surface area contributed by atoms with Crippen LogP contribution in [-0.2, 0) is 9.59 Å². The molecular formula is C8H14N4O4. The van der Waals surface area contributed by atoms with Crippen molar-refractivity contribution in [3.63, 3.8) is 0 Å². The van der Waals surface area contributed by atoms with Gasteiger partial charge in [-0.3, -0.25) is 20.2 Å². The zero-order valence-electron chi connectivity index (χ0n) is 9.05. The number of urea groups is 2. The van der Waals surface area contributed by atoms with Crippen LogP contribution in [0.15, 0.2) is 0 Å². The minimum atomic E-state index is -1.20. The molecule has 16 heavy (non-hydrogen) atoms. The highest BCUT2D eigenvalue weighted by Gasteiger charge is 2.18. The van der Waals surface area contributed by atoms with Crippen molar-refractivity contribution in [3.8, 4) is 0 Å². The van der Waals surface area contributed by atoms with Crippen LogP contribution in [-0.4, -0.2) is 37.0 Å². The molecular weight excluding hydrogens is 216 g/mol. The molecule has 0 aromatic carbocycles. The van der Waals surface area contributed by atoms with Gasteiger partial charge in [0.1, 0.15) is 0 Å². The molecule has 0 spiro atoms. The van der Waals surface area contributed by atoms with Gasteiger partial charge in [0.05, 0.1) is 0 Å². The van der Waals surface area contributed by atoms with Crippen molar-refractivity contribution in [1.29, 1.82) is 0 Å². The molecule has 0 aliphatic heterocycles. The van der Waals surface area contributed by atoms with E-state index in [0.717, 1.165) is 0 Å². The fourth-order valence-electron chi connectivity index (χ4n) is 0.729. The molecule has 0 bridgehead atoms. The first-order valence-electron chi connectivity index (χ1n) is 4.69. The predicted octanol–water partition coefficient (Wildman–Crippen LogP) is -1.32. The summed E-state index contributed by atoms with van der Waals surface area (Å²) in [5.74, 6) is -2.39. The number of amides is 6. The van der Waals surface area contributed by atoms with Crippen molar-refractivity contribution in [2.45, 2.75) is 13.8 Å². The van der Waals surface area contributed by atoms with E-state index < -0.39 is 23.9 Å². The Kier molecular flexibility index (Phi) is 6.25. The number of hydrogen-bond acceptors (Lipinski definition) is 4. The summed E-state index contributed by atoms with van der Waals surface area (Å²) < 4.78 is 0. The molecule has 0 saturated heterocycles. The molecule has 6 amide bonds. The summed E-state index contributed by atoms with van der Waals surface area (Å²) in [7, 11) is 0. The molecule has 0 unspecified atom stereocenters. The highest BCUT2D eigenvalue weighted by atomic mass is 16.2. The number of imide groups is 2. The Morgan fingerprint density at radius 1 is 0.750 bits per heavy atom. The van der Waals surface area contributed by atoms with Gasteiger partial charge >= 0.3 is 23.9 Å². The van der Waals surface area contributed by atoms with Crippen molar-refractivity contribution in [1.82, 2.24) is 21.3 Å². The van der Waals surface area contributed by atoms with Crippen LogP contribution >= 0.6 is 0 Å². The Morgan fingerprint density at radius 3 is 1.31 bits per heavy atom. The van der Waals surface area contributed by atoms with Gasteiger partial charge in [-0.25, -0.2) is 9.59 Å². The van der Waals surface area contributed by atoms with Crippen molar-refractivity contribution in [2.75, 3.05) is 13.1 Å². The Labute approximate surface area is 92.1 Å². The lowest BCUT2D eigenvalue weighted by molar-refractivity contribution is -0.137. The Morgan fingerprint density at radius 2 is 1.06 bits per heavy atom. The van der Waals surface area contributed by atoms with E-state index in [9.17, 15) is 19.2 Å². The van der Waals surface area contributed by atoms with Gasteiger partial charge < -0.3 is 10.6 Å². The second-order valence-corrected chi connectivity index (χ2v) is 2.63. The summed E-state index contributed by atoms with van der Waals surface area (Å²) in [6.45, 7) is 3.94. The molecule has 0 aliphatic carbocycles. The lowest BCUT2D eigenvalue weighted by atomic mass is 10.5. The Hall–Kier alpha value is -2.12. The van der Waals surface area contributed by atoms with E-state index in [1.807, 2.05) is 0 Å². The predicted molar refractivity (Wildman–Crippen MR) is 54.4 cm³/mol. The van der Waals surface area contributed by atoms with Gasteiger partial charge in [-0.2, -0.15) is 0 Å². The quantitative estimate of drug-likeness (QED) is 0.440. The molecule has 0 aromatic heterocycles. The number of carbonyl (C=O) groups excluding carboxylic acids is 4. The van der Waals surface area contributed by atoms with E-state index in [1.165, 1.54) is 0 Å². The highest BCUT2D eigenvalue weighted by Crippen LogP contribution is 1.72. The third-order valence-electron chi connectivity index (χ3n) is 1.34. The van der Waals surface area contributed by atoms with Crippen molar-refractivity contribution < 1.29 is 19.2 Å². The van der Waals surface area contributed by atoms with E-state index in [1.54, 1.807) is 24.5 Å².